The predicted octanol–water partition coefficient (Wildman–Crippen LogP) is 1.43. The Morgan fingerprint density at radius 1 is 1.19 bits per heavy atom. The lowest BCUT2D eigenvalue weighted by Gasteiger charge is -2.28. The highest BCUT2D eigenvalue weighted by molar-refractivity contribution is 7.89. The van der Waals surface area contributed by atoms with Crippen molar-refractivity contribution in [2.75, 3.05) is 20.1 Å². The quantitative estimate of drug-likeness (QED) is 0.709. The van der Waals surface area contributed by atoms with Crippen molar-refractivity contribution in [3.8, 4) is 0 Å². The fourth-order valence-corrected chi connectivity index (χ4v) is 3.36. The Morgan fingerprint density at radius 2 is 1.69 bits per heavy atom. The van der Waals surface area contributed by atoms with Gasteiger partial charge in [0.15, 0.2) is 0 Å². The standard InChI is InChI=1S/C11H26N2O2S/c1-6-11(7-2)13(5)16(14,15)10(4)9-12-8-3/h10-12H,6-9H2,1-5H3. The molecule has 0 rings (SSSR count). The number of hydrogen-bond acceptors (Lipinski definition) is 3. The fourth-order valence-electron chi connectivity index (χ4n) is 1.75. The Bertz CT molecular complexity index is 274. The number of nitrogens with zero attached hydrogens (tertiary/aromatic N) is 1. The van der Waals surface area contributed by atoms with Gasteiger partial charge in [0.05, 0.1) is 5.25 Å². The van der Waals surface area contributed by atoms with E-state index in [4.69, 9.17) is 0 Å². The zero-order valence-corrected chi connectivity index (χ0v) is 12.0. The number of sulfonamides is 1. The molecule has 4 nitrogen and oxygen atoms in total. The number of rotatable bonds is 8. The molecule has 0 aromatic rings. The first-order chi connectivity index (χ1) is 7.41. The van der Waals surface area contributed by atoms with E-state index in [2.05, 4.69) is 5.32 Å². The van der Waals surface area contributed by atoms with Crippen LogP contribution in [0, 0.1) is 0 Å². The second-order valence-electron chi connectivity index (χ2n) is 4.15. The van der Waals surface area contributed by atoms with Crippen LogP contribution in [-0.2, 0) is 10.0 Å². The molecule has 1 atom stereocenters. The largest absolute Gasteiger partial charge is 0.316 e. The van der Waals surface area contributed by atoms with Gasteiger partial charge in [-0.3, -0.25) is 0 Å². The van der Waals surface area contributed by atoms with E-state index in [1.165, 1.54) is 4.31 Å². The topological polar surface area (TPSA) is 49.4 Å². The van der Waals surface area contributed by atoms with E-state index in [0.29, 0.717) is 6.54 Å². The van der Waals surface area contributed by atoms with E-state index in [9.17, 15) is 8.42 Å². The van der Waals surface area contributed by atoms with E-state index in [-0.39, 0.29) is 11.3 Å². The maximum Gasteiger partial charge on any atom is 0.217 e. The van der Waals surface area contributed by atoms with Gasteiger partial charge in [-0.2, -0.15) is 0 Å². The van der Waals surface area contributed by atoms with Crippen LogP contribution in [0.3, 0.4) is 0 Å². The van der Waals surface area contributed by atoms with Crippen LogP contribution in [-0.4, -0.2) is 44.2 Å². The highest BCUT2D eigenvalue weighted by atomic mass is 32.2. The van der Waals surface area contributed by atoms with Gasteiger partial charge >= 0.3 is 0 Å². The van der Waals surface area contributed by atoms with Crippen LogP contribution in [0.1, 0.15) is 40.5 Å². The lowest BCUT2D eigenvalue weighted by atomic mass is 10.2. The molecular weight excluding hydrogens is 224 g/mol. The zero-order chi connectivity index (χ0) is 12.8. The lowest BCUT2D eigenvalue weighted by Crippen LogP contribution is -2.44. The summed E-state index contributed by atoms with van der Waals surface area (Å²) in [5, 5.41) is 2.72. The molecule has 0 bridgehead atoms. The highest BCUT2D eigenvalue weighted by Gasteiger charge is 2.29. The molecular formula is C11H26N2O2S. The predicted molar refractivity (Wildman–Crippen MR) is 69.1 cm³/mol. The van der Waals surface area contributed by atoms with Gasteiger partial charge < -0.3 is 5.32 Å². The van der Waals surface area contributed by atoms with Crippen molar-refractivity contribution in [3.63, 3.8) is 0 Å². The van der Waals surface area contributed by atoms with E-state index in [0.717, 1.165) is 19.4 Å². The summed E-state index contributed by atoms with van der Waals surface area (Å²) in [5.74, 6) is 0. The molecule has 5 heteroatoms. The Kier molecular flexibility index (Phi) is 7.19. The van der Waals surface area contributed by atoms with E-state index < -0.39 is 10.0 Å². The van der Waals surface area contributed by atoms with Crippen molar-refractivity contribution in [3.05, 3.63) is 0 Å². The van der Waals surface area contributed by atoms with E-state index >= 15 is 0 Å². The molecule has 0 heterocycles. The third-order valence-corrected chi connectivity index (χ3v) is 5.33. The maximum atomic E-state index is 12.2. The highest BCUT2D eigenvalue weighted by Crippen LogP contribution is 2.14. The molecule has 0 saturated carbocycles. The molecule has 0 fully saturated rings. The summed E-state index contributed by atoms with van der Waals surface area (Å²) in [6, 6.07) is 0.120. The number of hydrogen-bond donors (Lipinski definition) is 1. The van der Waals surface area contributed by atoms with Crippen LogP contribution >= 0.6 is 0 Å². The average molecular weight is 250 g/mol. The second-order valence-corrected chi connectivity index (χ2v) is 6.56. The minimum atomic E-state index is -3.16. The molecule has 0 amide bonds. The van der Waals surface area contributed by atoms with Crippen LogP contribution in [0.25, 0.3) is 0 Å². The van der Waals surface area contributed by atoms with E-state index in [1.54, 1.807) is 14.0 Å². The van der Waals surface area contributed by atoms with Crippen molar-refractivity contribution in [2.45, 2.75) is 51.8 Å². The Morgan fingerprint density at radius 3 is 2.06 bits per heavy atom. The first kappa shape index (κ1) is 15.9. The Balaban J connectivity index is 4.63. The monoisotopic (exact) mass is 250 g/mol. The van der Waals surface area contributed by atoms with Gasteiger partial charge in [0.25, 0.3) is 0 Å². The van der Waals surface area contributed by atoms with Crippen molar-refractivity contribution >= 4 is 10.0 Å². The Hall–Kier alpha value is -0.130. The van der Waals surface area contributed by atoms with Crippen molar-refractivity contribution in [2.24, 2.45) is 0 Å². The minimum absolute atomic E-state index is 0.120. The molecule has 0 aliphatic heterocycles. The molecule has 1 N–H and O–H groups in total. The number of nitrogens with one attached hydrogen (secondary N) is 1. The summed E-state index contributed by atoms with van der Waals surface area (Å²) in [4.78, 5) is 0. The van der Waals surface area contributed by atoms with Crippen LogP contribution in [0.2, 0.25) is 0 Å². The van der Waals surface area contributed by atoms with Gasteiger partial charge in [-0.1, -0.05) is 20.8 Å². The molecule has 1 unspecified atom stereocenters. The van der Waals surface area contributed by atoms with Gasteiger partial charge in [-0.25, -0.2) is 12.7 Å². The molecule has 0 aromatic carbocycles. The molecule has 0 saturated heterocycles. The third kappa shape index (κ3) is 4.03. The summed E-state index contributed by atoms with van der Waals surface area (Å²) >= 11 is 0. The van der Waals surface area contributed by atoms with Gasteiger partial charge in [0.2, 0.25) is 10.0 Å². The zero-order valence-electron chi connectivity index (χ0n) is 11.2. The van der Waals surface area contributed by atoms with Crippen LogP contribution in [0.4, 0.5) is 0 Å². The Labute approximate surface area is 100 Å². The first-order valence-electron chi connectivity index (χ1n) is 6.09. The van der Waals surface area contributed by atoms with Gasteiger partial charge in [-0.15, -0.1) is 0 Å². The molecule has 0 aliphatic rings. The first-order valence-corrected chi connectivity index (χ1v) is 7.59. The molecule has 16 heavy (non-hydrogen) atoms. The van der Waals surface area contributed by atoms with Crippen LogP contribution in [0.15, 0.2) is 0 Å². The van der Waals surface area contributed by atoms with Gasteiger partial charge in [0, 0.05) is 19.6 Å². The molecule has 0 aliphatic carbocycles. The van der Waals surface area contributed by atoms with Gasteiger partial charge in [0.1, 0.15) is 0 Å². The SMILES string of the molecule is CCNCC(C)S(=O)(=O)N(C)C(CC)CC. The van der Waals surface area contributed by atoms with Crippen LogP contribution < -0.4 is 5.32 Å². The molecule has 0 aromatic heterocycles. The molecule has 98 valence electrons. The summed E-state index contributed by atoms with van der Waals surface area (Å²) in [6.07, 6.45) is 1.72. The van der Waals surface area contributed by atoms with Crippen LogP contribution in [0.5, 0.6) is 0 Å². The maximum absolute atomic E-state index is 12.2. The lowest BCUT2D eigenvalue weighted by molar-refractivity contribution is 0.345. The smallest absolute Gasteiger partial charge is 0.217 e. The summed E-state index contributed by atoms with van der Waals surface area (Å²) in [6.45, 7) is 9.10. The summed E-state index contributed by atoms with van der Waals surface area (Å²) < 4.78 is 25.9. The van der Waals surface area contributed by atoms with Crippen molar-refractivity contribution in [1.82, 2.24) is 9.62 Å². The van der Waals surface area contributed by atoms with Crippen molar-refractivity contribution < 1.29 is 8.42 Å². The summed E-state index contributed by atoms with van der Waals surface area (Å²) in [7, 11) is -1.47. The van der Waals surface area contributed by atoms with Crippen molar-refractivity contribution in [1.29, 1.82) is 0 Å². The normalized spacial score (nSPS) is 14.7. The minimum Gasteiger partial charge on any atom is -0.316 e. The fraction of sp³-hybridized carbons (Fsp3) is 1.00. The second kappa shape index (κ2) is 7.25. The molecule has 0 radical (unpaired) electrons. The third-order valence-electron chi connectivity index (χ3n) is 3.05. The molecule has 0 spiro atoms. The van der Waals surface area contributed by atoms with E-state index in [1.807, 2.05) is 20.8 Å². The average Bonchev–Trinajstić information content (AvgIpc) is 2.27. The summed E-state index contributed by atoms with van der Waals surface area (Å²) in [5.41, 5.74) is 0. The van der Waals surface area contributed by atoms with Gasteiger partial charge in [-0.05, 0) is 26.3 Å².